The van der Waals surface area contributed by atoms with Crippen molar-refractivity contribution in [2.75, 3.05) is 13.7 Å². The van der Waals surface area contributed by atoms with Gasteiger partial charge in [-0.3, -0.25) is 9.59 Å². The van der Waals surface area contributed by atoms with E-state index in [1.165, 1.54) is 19.4 Å². The Hall–Kier alpha value is -1.89. The summed E-state index contributed by atoms with van der Waals surface area (Å²) in [5, 5.41) is 0.157. The number of likely N-dealkylation sites (tertiary alicyclic amines) is 1. The maximum Gasteiger partial charge on any atom is 0.256 e. The van der Waals surface area contributed by atoms with Gasteiger partial charge in [-0.2, -0.15) is 0 Å². The fourth-order valence-corrected chi connectivity index (χ4v) is 2.38. The van der Waals surface area contributed by atoms with Gasteiger partial charge < -0.3 is 15.4 Å². The third-order valence-electron chi connectivity index (χ3n) is 3.09. The summed E-state index contributed by atoms with van der Waals surface area (Å²) in [5.74, 6) is -1.09. The fourth-order valence-electron chi connectivity index (χ4n) is 2.14. The highest BCUT2D eigenvalue weighted by Crippen LogP contribution is 2.26. The molecule has 2 N–H and O–H groups in total. The summed E-state index contributed by atoms with van der Waals surface area (Å²) in [7, 11) is 1.40. The van der Waals surface area contributed by atoms with Crippen molar-refractivity contribution in [3.8, 4) is 5.88 Å². The molecule has 1 aliphatic heterocycles. The van der Waals surface area contributed by atoms with E-state index in [1.54, 1.807) is 0 Å². The maximum absolute atomic E-state index is 13.4. The average molecular weight is 302 g/mol. The first kappa shape index (κ1) is 14.5. The number of pyridine rings is 1. The quantitative estimate of drug-likeness (QED) is 0.894. The average Bonchev–Trinajstić information content (AvgIpc) is 2.80. The van der Waals surface area contributed by atoms with Gasteiger partial charge in [0, 0.05) is 12.6 Å². The molecular weight excluding hydrogens is 289 g/mol. The van der Waals surface area contributed by atoms with Crippen molar-refractivity contribution in [1.29, 1.82) is 0 Å². The number of nitrogens with zero attached hydrogens (tertiary/aromatic N) is 2. The Kier molecular flexibility index (Phi) is 4.08. The van der Waals surface area contributed by atoms with Crippen LogP contribution in [0.5, 0.6) is 5.88 Å². The highest BCUT2D eigenvalue weighted by atomic mass is 35.5. The van der Waals surface area contributed by atoms with Crippen molar-refractivity contribution in [2.45, 2.75) is 18.6 Å². The van der Waals surface area contributed by atoms with Crippen molar-refractivity contribution in [2.24, 2.45) is 5.73 Å². The second kappa shape index (κ2) is 5.62. The lowest BCUT2D eigenvalue weighted by molar-refractivity contribution is -0.121. The number of ether oxygens (including phenoxy) is 1. The molecule has 6 nitrogen and oxygen atoms in total. The number of rotatable bonds is 3. The molecule has 1 saturated heterocycles. The lowest BCUT2D eigenvalue weighted by Crippen LogP contribution is -2.43. The van der Waals surface area contributed by atoms with E-state index in [-0.39, 0.29) is 29.4 Å². The van der Waals surface area contributed by atoms with E-state index >= 15 is 0 Å². The van der Waals surface area contributed by atoms with Crippen molar-refractivity contribution in [3.05, 3.63) is 22.8 Å². The van der Waals surface area contributed by atoms with Crippen LogP contribution in [0.15, 0.2) is 12.3 Å². The summed E-state index contributed by atoms with van der Waals surface area (Å²) in [5.41, 5.74) is 5.33. The van der Waals surface area contributed by atoms with E-state index < -0.39 is 24.0 Å². The van der Waals surface area contributed by atoms with Gasteiger partial charge in [-0.15, -0.1) is 0 Å². The first-order valence-corrected chi connectivity index (χ1v) is 6.25. The summed E-state index contributed by atoms with van der Waals surface area (Å²) in [6.45, 7) is -0.171. The van der Waals surface area contributed by atoms with Crippen molar-refractivity contribution in [1.82, 2.24) is 9.88 Å². The molecule has 0 aromatic carbocycles. The normalized spacial score (nSPS) is 21.9. The molecule has 2 atom stereocenters. The van der Waals surface area contributed by atoms with Gasteiger partial charge in [-0.1, -0.05) is 11.6 Å². The highest BCUT2D eigenvalue weighted by Gasteiger charge is 2.39. The minimum Gasteiger partial charge on any atom is -0.480 e. The number of amides is 2. The van der Waals surface area contributed by atoms with Gasteiger partial charge >= 0.3 is 0 Å². The minimum absolute atomic E-state index is 0.0849. The molecule has 0 spiro atoms. The second-order valence-corrected chi connectivity index (χ2v) is 4.83. The Balaban J connectivity index is 2.26. The van der Waals surface area contributed by atoms with Gasteiger partial charge in [0.2, 0.25) is 11.8 Å². The van der Waals surface area contributed by atoms with E-state index in [2.05, 4.69) is 4.98 Å². The molecule has 20 heavy (non-hydrogen) atoms. The predicted octanol–water partition coefficient (Wildman–Crippen LogP) is 0.781. The van der Waals surface area contributed by atoms with Crippen LogP contribution in [0.25, 0.3) is 0 Å². The molecule has 0 radical (unpaired) electrons. The van der Waals surface area contributed by atoms with E-state index in [0.717, 1.165) is 4.90 Å². The zero-order valence-corrected chi connectivity index (χ0v) is 11.4. The first-order chi connectivity index (χ1) is 9.43. The second-order valence-electron chi connectivity index (χ2n) is 4.42. The van der Waals surface area contributed by atoms with Gasteiger partial charge in [0.05, 0.1) is 19.2 Å². The largest absolute Gasteiger partial charge is 0.480 e. The Morgan fingerprint density at radius 3 is 2.85 bits per heavy atom. The summed E-state index contributed by atoms with van der Waals surface area (Å²) < 4.78 is 18.3. The number of hydrogen-bond donors (Lipinski definition) is 1. The number of primary amides is 1. The predicted molar refractivity (Wildman–Crippen MR) is 69.3 cm³/mol. The van der Waals surface area contributed by atoms with Gasteiger partial charge in [-0.05, 0) is 6.07 Å². The van der Waals surface area contributed by atoms with Gasteiger partial charge in [0.25, 0.3) is 5.91 Å². The number of hydrogen-bond acceptors (Lipinski definition) is 4. The molecule has 2 heterocycles. The van der Waals surface area contributed by atoms with Crippen molar-refractivity contribution in [3.63, 3.8) is 0 Å². The SMILES string of the molecule is COc1ncc(C(=O)N2C[C@H](F)C[C@H]2C(N)=O)cc1Cl. The van der Waals surface area contributed by atoms with Crippen LogP contribution >= 0.6 is 11.6 Å². The molecule has 1 aromatic heterocycles. The van der Waals surface area contributed by atoms with E-state index in [1.807, 2.05) is 0 Å². The van der Waals surface area contributed by atoms with Crippen LogP contribution in [0, 0.1) is 0 Å². The summed E-state index contributed by atoms with van der Waals surface area (Å²) >= 11 is 5.88. The van der Waals surface area contributed by atoms with E-state index in [9.17, 15) is 14.0 Å². The number of methoxy groups -OCH3 is 1. The van der Waals surface area contributed by atoms with E-state index in [4.69, 9.17) is 22.1 Å². The minimum atomic E-state index is -1.27. The summed E-state index contributed by atoms with van der Waals surface area (Å²) in [6, 6.07) is 0.415. The number of carbonyl (C=O) groups excluding carboxylic acids is 2. The first-order valence-electron chi connectivity index (χ1n) is 5.88. The van der Waals surface area contributed by atoms with Crippen LogP contribution in [-0.2, 0) is 4.79 Å². The van der Waals surface area contributed by atoms with E-state index in [0.29, 0.717) is 0 Å². The summed E-state index contributed by atoms with van der Waals surface area (Å²) in [4.78, 5) is 28.5. The highest BCUT2D eigenvalue weighted by molar-refractivity contribution is 6.32. The number of aromatic nitrogens is 1. The molecular formula is C12H13ClFN3O3. The molecule has 108 valence electrons. The molecule has 8 heteroatoms. The van der Waals surface area contributed by atoms with Crippen LogP contribution in [0.4, 0.5) is 4.39 Å². The molecule has 2 amide bonds. The Labute approximate surface area is 119 Å². The molecule has 0 aliphatic carbocycles. The molecule has 0 saturated carbocycles. The topological polar surface area (TPSA) is 85.5 Å². The van der Waals surface area contributed by atoms with Crippen molar-refractivity contribution < 1.29 is 18.7 Å². The number of halogens is 2. The summed E-state index contributed by atoms with van der Waals surface area (Å²) in [6.07, 6.45) is -0.0900. The third kappa shape index (κ3) is 2.67. The molecule has 2 rings (SSSR count). The number of nitrogens with two attached hydrogens (primary N) is 1. The Morgan fingerprint density at radius 2 is 2.30 bits per heavy atom. The standard InChI is InChI=1S/C12H13ClFN3O3/c1-20-11-8(13)2-6(4-16-11)12(19)17-5-7(14)3-9(17)10(15)18/h2,4,7,9H,3,5H2,1H3,(H2,15,18)/t7-,9+/m1/s1. The monoisotopic (exact) mass is 301 g/mol. The molecule has 0 unspecified atom stereocenters. The zero-order chi connectivity index (χ0) is 14.9. The van der Waals surface area contributed by atoms with Crippen LogP contribution < -0.4 is 10.5 Å². The molecule has 0 bridgehead atoms. The van der Waals surface area contributed by atoms with Crippen LogP contribution in [0.1, 0.15) is 16.8 Å². The number of carbonyl (C=O) groups is 2. The maximum atomic E-state index is 13.4. The lowest BCUT2D eigenvalue weighted by Gasteiger charge is -2.21. The third-order valence-corrected chi connectivity index (χ3v) is 3.36. The van der Waals surface area contributed by atoms with Crippen LogP contribution in [0.2, 0.25) is 5.02 Å². The smallest absolute Gasteiger partial charge is 0.256 e. The molecule has 1 aromatic rings. The van der Waals surface area contributed by atoms with Gasteiger partial charge in [0.15, 0.2) is 0 Å². The molecule has 1 fully saturated rings. The fraction of sp³-hybridized carbons (Fsp3) is 0.417. The zero-order valence-electron chi connectivity index (χ0n) is 10.7. The Morgan fingerprint density at radius 1 is 1.60 bits per heavy atom. The number of alkyl halides is 1. The van der Waals surface area contributed by atoms with Gasteiger partial charge in [-0.25, -0.2) is 9.37 Å². The van der Waals surface area contributed by atoms with Gasteiger partial charge in [0.1, 0.15) is 17.2 Å². The van der Waals surface area contributed by atoms with Crippen LogP contribution in [-0.4, -0.2) is 47.6 Å². The lowest BCUT2D eigenvalue weighted by atomic mass is 10.2. The molecule has 1 aliphatic rings. The van der Waals surface area contributed by atoms with Crippen molar-refractivity contribution >= 4 is 23.4 Å². The van der Waals surface area contributed by atoms with Crippen LogP contribution in [0.3, 0.4) is 0 Å². The Bertz CT molecular complexity index is 555.